The maximum Gasteiger partial charge on any atom is 0.0859 e. The second kappa shape index (κ2) is 4.07. The Kier molecular flexibility index (Phi) is 2.76. The van der Waals surface area contributed by atoms with Crippen molar-refractivity contribution in [3.8, 4) is 0 Å². The first-order chi connectivity index (χ1) is 8.54. The van der Waals surface area contributed by atoms with Crippen molar-refractivity contribution in [2.24, 2.45) is 17.8 Å². The molecule has 1 unspecified atom stereocenters. The van der Waals surface area contributed by atoms with Crippen molar-refractivity contribution in [2.45, 2.75) is 65.3 Å². The molecule has 0 radical (unpaired) electrons. The molecule has 3 rings (SSSR count). The average Bonchev–Trinajstić information content (AvgIpc) is 2.73. The molecule has 0 N–H and O–H groups in total. The zero-order valence-corrected chi connectivity index (χ0v) is 12.1. The zero-order valence-electron chi connectivity index (χ0n) is 12.1. The van der Waals surface area contributed by atoms with Gasteiger partial charge < -0.3 is 0 Å². The zero-order chi connectivity index (χ0) is 12.9. The SMILES string of the molecule is CCC(C)(C)n1nnc2c1CC[C@@H]1C(C)[C@@H]1CC2. The van der Waals surface area contributed by atoms with Crippen LogP contribution in [0.3, 0.4) is 0 Å². The van der Waals surface area contributed by atoms with Gasteiger partial charge in [0, 0.05) is 0 Å². The number of aryl methyl sites for hydroxylation is 1. The Bertz CT molecular complexity index is 447. The van der Waals surface area contributed by atoms with Gasteiger partial charge in [-0.1, -0.05) is 19.1 Å². The topological polar surface area (TPSA) is 30.7 Å². The normalized spacial score (nSPS) is 31.2. The maximum atomic E-state index is 4.46. The summed E-state index contributed by atoms with van der Waals surface area (Å²) in [5.74, 6) is 2.91. The molecule has 3 heteroatoms. The summed E-state index contributed by atoms with van der Waals surface area (Å²) in [6.07, 6.45) is 6.08. The van der Waals surface area contributed by atoms with E-state index in [2.05, 4.69) is 42.7 Å². The van der Waals surface area contributed by atoms with Crippen LogP contribution in [0.1, 0.15) is 58.3 Å². The monoisotopic (exact) mass is 247 g/mol. The summed E-state index contributed by atoms with van der Waals surface area (Å²) >= 11 is 0. The van der Waals surface area contributed by atoms with Crippen molar-refractivity contribution in [3.05, 3.63) is 11.4 Å². The molecule has 0 spiro atoms. The van der Waals surface area contributed by atoms with Crippen LogP contribution in [-0.2, 0) is 18.4 Å². The lowest BCUT2D eigenvalue weighted by Crippen LogP contribution is -2.29. The van der Waals surface area contributed by atoms with Crippen LogP contribution in [0.2, 0.25) is 0 Å². The van der Waals surface area contributed by atoms with Gasteiger partial charge >= 0.3 is 0 Å². The molecular formula is C15H25N3. The molecule has 0 saturated heterocycles. The summed E-state index contributed by atoms with van der Waals surface area (Å²) in [7, 11) is 0. The summed E-state index contributed by atoms with van der Waals surface area (Å²) in [6.45, 7) is 9.18. The fraction of sp³-hybridized carbons (Fsp3) is 0.867. The average molecular weight is 247 g/mol. The van der Waals surface area contributed by atoms with Crippen LogP contribution in [0.15, 0.2) is 0 Å². The van der Waals surface area contributed by atoms with E-state index in [0.29, 0.717) is 0 Å². The van der Waals surface area contributed by atoms with Crippen LogP contribution in [0, 0.1) is 17.8 Å². The summed E-state index contributed by atoms with van der Waals surface area (Å²) in [5, 5.41) is 8.91. The summed E-state index contributed by atoms with van der Waals surface area (Å²) in [6, 6.07) is 0. The molecule has 1 aromatic rings. The molecule has 0 aliphatic heterocycles. The lowest BCUT2D eigenvalue weighted by Gasteiger charge is -2.25. The predicted octanol–water partition coefficient (Wildman–Crippen LogP) is 3.18. The molecular weight excluding hydrogens is 222 g/mol. The highest BCUT2D eigenvalue weighted by atomic mass is 15.5. The molecule has 3 atom stereocenters. The van der Waals surface area contributed by atoms with Crippen molar-refractivity contribution in [2.75, 3.05) is 0 Å². The predicted molar refractivity (Wildman–Crippen MR) is 72.4 cm³/mol. The quantitative estimate of drug-likeness (QED) is 0.803. The van der Waals surface area contributed by atoms with Crippen molar-refractivity contribution >= 4 is 0 Å². The third kappa shape index (κ3) is 1.79. The molecule has 2 aliphatic rings. The molecule has 0 bridgehead atoms. The van der Waals surface area contributed by atoms with Gasteiger partial charge in [-0.15, -0.1) is 5.10 Å². The highest BCUT2D eigenvalue weighted by Crippen LogP contribution is 2.52. The van der Waals surface area contributed by atoms with E-state index >= 15 is 0 Å². The van der Waals surface area contributed by atoms with Crippen LogP contribution in [-0.4, -0.2) is 15.0 Å². The van der Waals surface area contributed by atoms with E-state index in [1.54, 1.807) is 0 Å². The van der Waals surface area contributed by atoms with Crippen LogP contribution in [0.25, 0.3) is 0 Å². The van der Waals surface area contributed by atoms with E-state index in [1.165, 1.54) is 30.7 Å². The van der Waals surface area contributed by atoms with Gasteiger partial charge in [0.05, 0.1) is 16.9 Å². The Morgan fingerprint density at radius 3 is 2.56 bits per heavy atom. The molecule has 1 saturated carbocycles. The Labute approximate surface area is 110 Å². The van der Waals surface area contributed by atoms with Gasteiger partial charge in [0.25, 0.3) is 0 Å². The van der Waals surface area contributed by atoms with E-state index in [0.717, 1.165) is 30.6 Å². The minimum Gasteiger partial charge on any atom is -0.244 e. The van der Waals surface area contributed by atoms with Gasteiger partial charge in [0.15, 0.2) is 0 Å². The van der Waals surface area contributed by atoms with Crippen molar-refractivity contribution in [1.82, 2.24) is 15.0 Å². The molecule has 0 amide bonds. The molecule has 1 heterocycles. The first kappa shape index (κ1) is 12.2. The first-order valence-corrected chi connectivity index (χ1v) is 7.48. The summed E-state index contributed by atoms with van der Waals surface area (Å²) in [4.78, 5) is 0. The van der Waals surface area contributed by atoms with Gasteiger partial charge in [-0.25, -0.2) is 4.68 Å². The van der Waals surface area contributed by atoms with Gasteiger partial charge in [0.2, 0.25) is 0 Å². The Balaban J connectivity index is 1.89. The summed E-state index contributed by atoms with van der Waals surface area (Å²) in [5.41, 5.74) is 2.79. The fourth-order valence-corrected chi connectivity index (χ4v) is 3.61. The minimum absolute atomic E-state index is 0.106. The lowest BCUT2D eigenvalue weighted by atomic mass is 9.98. The third-order valence-electron chi connectivity index (χ3n) is 5.47. The van der Waals surface area contributed by atoms with E-state index in [9.17, 15) is 0 Å². The van der Waals surface area contributed by atoms with Crippen molar-refractivity contribution in [1.29, 1.82) is 0 Å². The smallest absolute Gasteiger partial charge is 0.0859 e. The largest absolute Gasteiger partial charge is 0.244 e. The third-order valence-corrected chi connectivity index (χ3v) is 5.47. The molecule has 3 nitrogen and oxygen atoms in total. The van der Waals surface area contributed by atoms with E-state index in [-0.39, 0.29) is 5.54 Å². The van der Waals surface area contributed by atoms with Crippen LogP contribution in [0.5, 0.6) is 0 Å². The van der Waals surface area contributed by atoms with E-state index in [4.69, 9.17) is 0 Å². The maximum absolute atomic E-state index is 4.46. The molecule has 100 valence electrons. The summed E-state index contributed by atoms with van der Waals surface area (Å²) < 4.78 is 2.20. The van der Waals surface area contributed by atoms with Gasteiger partial charge in [-0.05, 0) is 63.7 Å². The minimum atomic E-state index is 0.106. The molecule has 18 heavy (non-hydrogen) atoms. The fourth-order valence-electron chi connectivity index (χ4n) is 3.61. The van der Waals surface area contributed by atoms with E-state index < -0.39 is 0 Å². The molecule has 1 aromatic heterocycles. The van der Waals surface area contributed by atoms with Crippen LogP contribution >= 0.6 is 0 Å². The van der Waals surface area contributed by atoms with Gasteiger partial charge in [0.1, 0.15) is 0 Å². The van der Waals surface area contributed by atoms with Crippen LogP contribution in [0.4, 0.5) is 0 Å². The van der Waals surface area contributed by atoms with E-state index in [1.807, 2.05) is 0 Å². The number of aromatic nitrogens is 3. The van der Waals surface area contributed by atoms with Gasteiger partial charge in [-0.2, -0.15) is 0 Å². The first-order valence-electron chi connectivity index (χ1n) is 7.48. The van der Waals surface area contributed by atoms with Crippen molar-refractivity contribution < 1.29 is 0 Å². The Morgan fingerprint density at radius 2 is 1.89 bits per heavy atom. The standard InChI is InChI=1S/C15H25N3/c1-5-15(3,4)18-14-9-7-12-10(2)11(12)6-8-13(14)16-17-18/h10-12H,5-9H2,1-4H3/t10?,11-,12+/m0/s1. The second-order valence-electron chi connectivity index (χ2n) is 6.82. The van der Waals surface area contributed by atoms with Crippen molar-refractivity contribution in [3.63, 3.8) is 0 Å². The number of rotatable bonds is 2. The number of hydrogen-bond acceptors (Lipinski definition) is 2. The van der Waals surface area contributed by atoms with Gasteiger partial charge in [-0.3, -0.25) is 0 Å². The highest BCUT2D eigenvalue weighted by molar-refractivity contribution is 5.16. The number of fused-ring (bicyclic) bond motifs is 2. The number of hydrogen-bond donors (Lipinski definition) is 0. The molecule has 1 fully saturated rings. The molecule has 2 aliphatic carbocycles. The van der Waals surface area contributed by atoms with Crippen LogP contribution < -0.4 is 0 Å². The Hall–Kier alpha value is -0.860. The lowest BCUT2D eigenvalue weighted by molar-refractivity contribution is 0.290. The Morgan fingerprint density at radius 1 is 1.22 bits per heavy atom. The number of nitrogens with zero attached hydrogens (tertiary/aromatic N) is 3. The highest BCUT2D eigenvalue weighted by Gasteiger charge is 2.46. The second-order valence-corrected chi connectivity index (χ2v) is 6.82. The molecule has 0 aromatic carbocycles.